The van der Waals surface area contributed by atoms with Gasteiger partial charge in [0.15, 0.2) is 11.5 Å². The number of ether oxygens (including phenoxy) is 2. The summed E-state index contributed by atoms with van der Waals surface area (Å²) < 4.78 is 16.2. The molecule has 7 heteroatoms. The molecule has 1 saturated heterocycles. The summed E-state index contributed by atoms with van der Waals surface area (Å²) in [5.41, 5.74) is 8.49. The first-order valence-electron chi connectivity index (χ1n) is 9.02. The van der Waals surface area contributed by atoms with Crippen LogP contribution in [0.2, 0.25) is 0 Å². The molecule has 0 spiro atoms. The summed E-state index contributed by atoms with van der Waals surface area (Å²) >= 11 is 0. The average Bonchev–Trinajstić information content (AvgIpc) is 3.42. The normalized spacial score (nSPS) is 21.7. The number of rotatable bonds is 4. The predicted octanol–water partition coefficient (Wildman–Crippen LogP) is 2.39. The van der Waals surface area contributed by atoms with E-state index < -0.39 is 0 Å². The van der Waals surface area contributed by atoms with Crippen LogP contribution in [0.1, 0.15) is 17.4 Å². The molecule has 1 fully saturated rings. The van der Waals surface area contributed by atoms with E-state index in [1.54, 1.807) is 0 Å². The number of benzene rings is 2. The molecule has 2 aromatic carbocycles. The van der Waals surface area contributed by atoms with Crippen LogP contribution in [-0.4, -0.2) is 41.0 Å². The Hall–Kier alpha value is -2.90. The highest BCUT2D eigenvalue weighted by Gasteiger charge is 2.32. The Bertz CT molecular complexity index is 943. The summed E-state index contributed by atoms with van der Waals surface area (Å²) in [7, 11) is 0. The van der Waals surface area contributed by atoms with Crippen molar-refractivity contribution in [1.29, 1.82) is 0 Å². The van der Waals surface area contributed by atoms with E-state index in [4.69, 9.17) is 19.7 Å². The Morgan fingerprint density at radius 2 is 1.89 bits per heavy atom. The van der Waals surface area contributed by atoms with Crippen LogP contribution in [0.3, 0.4) is 0 Å². The van der Waals surface area contributed by atoms with Crippen LogP contribution in [0.4, 0.5) is 0 Å². The highest BCUT2D eigenvalue weighted by atomic mass is 16.7. The van der Waals surface area contributed by atoms with Gasteiger partial charge in [-0.3, -0.25) is 4.90 Å². The van der Waals surface area contributed by atoms with Gasteiger partial charge in [0, 0.05) is 30.6 Å². The van der Waals surface area contributed by atoms with Crippen molar-refractivity contribution in [3.8, 4) is 22.9 Å². The van der Waals surface area contributed by atoms with Gasteiger partial charge in [0.1, 0.15) is 0 Å². The smallest absolute Gasteiger partial charge is 0.241 e. The number of nitrogens with zero attached hydrogens (tertiary/aromatic N) is 3. The van der Waals surface area contributed by atoms with Crippen molar-refractivity contribution in [3.05, 3.63) is 60.0 Å². The lowest BCUT2D eigenvalue weighted by molar-refractivity contribution is 0.174. The zero-order chi connectivity index (χ0) is 18.2. The maximum Gasteiger partial charge on any atom is 0.241 e. The number of nitrogens with two attached hydrogens (primary N) is 1. The van der Waals surface area contributed by atoms with Gasteiger partial charge in [-0.25, -0.2) is 0 Å². The molecular formula is C20H20N4O3. The maximum atomic E-state index is 6.37. The lowest BCUT2D eigenvalue weighted by Crippen LogP contribution is -2.28. The van der Waals surface area contributed by atoms with Gasteiger partial charge in [-0.1, -0.05) is 35.5 Å². The van der Waals surface area contributed by atoms with Crippen molar-refractivity contribution in [2.24, 2.45) is 5.73 Å². The maximum absolute atomic E-state index is 6.37. The second kappa shape index (κ2) is 6.68. The molecule has 138 valence electrons. The van der Waals surface area contributed by atoms with E-state index >= 15 is 0 Å². The van der Waals surface area contributed by atoms with Gasteiger partial charge in [-0.15, -0.1) is 0 Å². The van der Waals surface area contributed by atoms with Crippen LogP contribution in [0.25, 0.3) is 11.4 Å². The fourth-order valence-corrected chi connectivity index (χ4v) is 3.76. The van der Waals surface area contributed by atoms with Crippen molar-refractivity contribution in [1.82, 2.24) is 15.0 Å². The van der Waals surface area contributed by atoms with Gasteiger partial charge in [0.05, 0.1) is 6.54 Å². The minimum absolute atomic E-state index is 0.101. The van der Waals surface area contributed by atoms with Crippen LogP contribution in [0.5, 0.6) is 11.5 Å². The molecule has 1 aromatic heterocycles. The molecule has 0 unspecified atom stereocenters. The number of likely N-dealkylation sites (tertiary alicyclic amines) is 1. The number of hydrogen-bond donors (Lipinski definition) is 1. The summed E-state index contributed by atoms with van der Waals surface area (Å²) in [6.07, 6.45) is 0. The van der Waals surface area contributed by atoms with Crippen LogP contribution in [-0.2, 0) is 6.54 Å². The zero-order valence-electron chi connectivity index (χ0n) is 14.7. The molecule has 0 bridgehead atoms. The summed E-state index contributed by atoms with van der Waals surface area (Å²) in [5.74, 6) is 2.90. The van der Waals surface area contributed by atoms with Crippen molar-refractivity contribution in [3.63, 3.8) is 0 Å². The van der Waals surface area contributed by atoms with Crippen LogP contribution < -0.4 is 15.2 Å². The minimum atomic E-state index is 0.101. The van der Waals surface area contributed by atoms with E-state index in [9.17, 15) is 0 Å². The Labute approximate surface area is 156 Å². The van der Waals surface area contributed by atoms with Crippen molar-refractivity contribution in [2.75, 3.05) is 19.9 Å². The summed E-state index contributed by atoms with van der Waals surface area (Å²) in [5, 5.41) is 4.11. The highest BCUT2D eigenvalue weighted by Crippen LogP contribution is 2.35. The number of aromatic nitrogens is 2. The monoisotopic (exact) mass is 364 g/mol. The van der Waals surface area contributed by atoms with Crippen LogP contribution >= 0.6 is 0 Å². The Morgan fingerprint density at radius 1 is 1.04 bits per heavy atom. The molecule has 0 saturated carbocycles. The average molecular weight is 364 g/mol. The zero-order valence-corrected chi connectivity index (χ0v) is 14.7. The second-order valence-electron chi connectivity index (χ2n) is 6.95. The van der Waals surface area contributed by atoms with Gasteiger partial charge >= 0.3 is 0 Å². The first kappa shape index (κ1) is 16.3. The first-order valence-corrected chi connectivity index (χ1v) is 9.02. The molecule has 7 nitrogen and oxygen atoms in total. The van der Waals surface area contributed by atoms with Gasteiger partial charge in [0.2, 0.25) is 18.5 Å². The first-order chi connectivity index (χ1) is 13.3. The third-order valence-corrected chi connectivity index (χ3v) is 5.13. The van der Waals surface area contributed by atoms with E-state index in [0.717, 1.165) is 24.4 Å². The molecule has 5 rings (SSSR count). The third kappa shape index (κ3) is 3.15. The molecule has 2 N–H and O–H groups in total. The lowest BCUT2D eigenvalue weighted by Gasteiger charge is -2.14. The van der Waals surface area contributed by atoms with E-state index in [1.807, 2.05) is 24.3 Å². The quantitative estimate of drug-likeness (QED) is 0.760. The molecule has 3 heterocycles. The molecule has 2 aliphatic heterocycles. The molecule has 2 atom stereocenters. The van der Waals surface area contributed by atoms with Crippen LogP contribution in [0, 0.1) is 0 Å². The fourth-order valence-electron chi connectivity index (χ4n) is 3.76. The van der Waals surface area contributed by atoms with Crippen LogP contribution in [0.15, 0.2) is 53.1 Å². The van der Waals surface area contributed by atoms with Crippen molar-refractivity contribution >= 4 is 0 Å². The lowest BCUT2D eigenvalue weighted by atomic mass is 9.95. The van der Waals surface area contributed by atoms with E-state index in [0.29, 0.717) is 29.9 Å². The molecule has 0 radical (unpaired) electrons. The summed E-state index contributed by atoms with van der Waals surface area (Å²) in [6.45, 7) is 2.52. The second-order valence-corrected chi connectivity index (χ2v) is 6.95. The van der Waals surface area contributed by atoms with Gasteiger partial charge < -0.3 is 19.7 Å². The van der Waals surface area contributed by atoms with E-state index in [2.05, 4.69) is 39.3 Å². The van der Waals surface area contributed by atoms with E-state index in [-0.39, 0.29) is 12.8 Å². The highest BCUT2D eigenvalue weighted by molar-refractivity contribution is 5.61. The minimum Gasteiger partial charge on any atom is -0.454 e. The Kier molecular flexibility index (Phi) is 4.03. The van der Waals surface area contributed by atoms with E-state index in [1.165, 1.54) is 5.56 Å². The predicted molar refractivity (Wildman–Crippen MR) is 98.3 cm³/mol. The molecule has 0 amide bonds. The molecular weight excluding hydrogens is 344 g/mol. The Morgan fingerprint density at radius 3 is 2.78 bits per heavy atom. The largest absolute Gasteiger partial charge is 0.454 e. The standard InChI is InChI=1S/C20H20N4O3/c21-16-10-24(9-15(16)13-4-2-1-3-5-13)11-19-22-20(23-27-19)14-6-7-17-18(8-14)26-12-25-17/h1-8,15-16H,9-12,21H2/t15-,16+/m0/s1. The summed E-state index contributed by atoms with van der Waals surface area (Å²) in [6, 6.07) is 16.1. The molecule has 3 aromatic rings. The topological polar surface area (TPSA) is 86.6 Å². The fraction of sp³-hybridized carbons (Fsp3) is 0.300. The third-order valence-electron chi connectivity index (χ3n) is 5.13. The number of fused-ring (bicyclic) bond motifs is 1. The molecule has 27 heavy (non-hydrogen) atoms. The Balaban J connectivity index is 1.29. The van der Waals surface area contributed by atoms with Gasteiger partial charge in [-0.05, 0) is 23.8 Å². The SMILES string of the molecule is N[C@@H]1CN(Cc2nc(-c3ccc4c(c3)OCO4)no2)C[C@H]1c1ccccc1. The summed E-state index contributed by atoms with van der Waals surface area (Å²) in [4.78, 5) is 6.80. The number of hydrogen-bond acceptors (Lipinski definition) is 7. The van der Waals surface area contributed by atoms with Gasteiger partial charge in [-0.2, -0.15) is 4.98 Å². The molecule has 0 aliphatic carbocycles. The molecule has 2 aliphatic rings. The van der Waals surface area contributed by atoms with Crippen molar-refractivity contribution in [2.45, 2.75) is 18.5 Å². The van der Waals surface area contributed by atoms with Gasteiger partial charge in [0.25, 0.3) is 0 Å². The van der Waals surface area contributed by atoms with Crippen molar-refractivity contribution < 1.29 is 14.0 Å².